The standard InChI is InChI=1S/C10H11FN2O/c1-7(2)6-14-10-3-8(4-12)13-5-9(10)11/h3,5,7H,6H2,1-2H3. The molecule has 0 saturated carbocycles. The molecule has 0 unspecified atom stereocenters. The van der Waals surface area contributed by atoms with Gasteiger partial charge >= 0.3 is 0 Å². The van der Waals surface area contributed by atoms with E-state index >= 15 is 0 Å². The van der Waals surface area contributed by atoms with Crippen LogP contribution in [0.5, 0.6) is 5.75 Å². The lowest BCUT2D eigenvalue weighted by molar-refractivity contribution is 0.258. The van der Waals surface area contributed by atoms with Crippen LogP contribution in [0.15, 0.2) is 12.3 Å². The first-order valence-electron chi connectivity index (χ1n) is 4.32. The van der Waals surface area contributed by atoms with Crippen LogP contribution in [0, 0.1) is 23.1 Å². The third kappa shape index (κ3) is 2.70. The number of rotatable bonds is 3. The number of aromatic nitrogens is 1. The molecule has 0 bridgehead atoms. The van der Waals surface area contributed by atoms with E-state index in [9.17, 15) is 4.39 Å². The van der Waals surface area contributed by atoms with E-state index in [2.05, 4.69) is 4.98 Å². The van der Waals surface area contributed by atoms with Crippen molar-refractivity contribution in [1.29, 1.82) is 5.26 Å². The van der Waals surface area contributed by atoms with E-state index in [1.54, 1.807) is 0 Å². The first kappa shape index (κ1) is 10.5. The van der Waals surface area contributed by atoms with E-state index in [4.69, 9.17) is 10.00 Å². The largest absolute Gasteiger partial charge is 0.490 e. The Morgan fingerprint density at radius 2 is 2.36 bits per heavy atom. The van der Waals surface area contributed by atoms with Gasteiger partial charge in [-0.25, -0.2) is 9.37 Å². The van der Waals surface area contributed by atoms with Gasteiger partial charge < -0.3 is 4.74 Å². The highest BCUT2D eigenvalue weighted by Gasteiger charge is 2.06. The van der Waals surface area contributed by atoms with Gasteiger partial charge in [0.25, 0.3) is 0 Å². The summed E-state index contributed by atoms with van der Waals surface area (Å²) in [5, 5.41) is 8.54. The lowest BCUT2D eigenvalue weighted by atomic mass is 10.2. The van der Waals surface area contributed by atoms with Crippen LogP contribution in [0.25, 0.3) is 0 Å². The van der Waals surface area contributed by atoms with Crippen LogP contribution in [0.4, 0.5) is 4.39 Å². The molecule has 0 radical (unpaired) electrons. The number of nitriles is 1. The van der Waals surface area contributed by atoms with Crippen molar-refractivity contribution in [1.82, 2.24) is 4.98 Å². The molecule has 0 aliphatic carbocycles. The molecule has 0 fully saturated rings. The monoisotopic (exact) mass is 194 g/mol. The summed E-state index contributed by atoms with van der Waals surface area (Å²) in [6, 6.07) is 3.13. The molecule has 0 amide bonds. The molecule has 0 N–H and O–H groups in total. The summed E-state index contributed by atoms with van der Waals surface area (Å²) >= 11 is 0. The number of halogens is 1. The van der Waals surface area contributed by atoms with Crippen LogP contribution >= 0.6 is 0 Å². The van der Waals surface area contributed by atoms with E-state index in [0.717, 1.165) is 6.20 Å². The minimum atomic E-state index is -0.537. The molecule has 4 heteroatoms. The Morgan fingerprint density at radius 3 is 2.93 bits per heavy atom. The zero-order chi connectivity index (χ0) is 10.6. The summed E-state index contributed by atoms with van der Waals surface area (Å²) in [6.07, 6.45) is 0.994. The van der Waals surface area contributed by atoms with Gasteiger partial charge in [0.1, 0.15) is 11.8 Å². The van der Waals surface area contributed by atoms with Gasteiger partial charge in [0.15, 0.2) is 11.6 Å². The molecular weight excluding hydrogens is 183 g/mol. The quantitative estimate of drug-likeness (QED) is 0.740. The molecule has 0 aromatic carbocycles. The predicted octanol–water partition coefficient (Wildman–Crippen LogP) is 2.13. The molecule has 1 aromatic heterocycles. The van der Waals surface area contributed by atoms with Crippen molar-refractivity contribution in [2.75, 3.05) is 6.61 Å². The Kier molecular flexibility index (Phi) is 3.41. The maximum Gasteiger partial charge on any atom is 0.183 e. The van der Waals surface area contributed by atoms with Gasteiger partial charge in [-0.05, 0) is 5.92 Å². The second-order valence-electron chi connectivity index (χ2n) is 3.32. The third-order valence-corrected chi connectivity index (χ3v) is 1.51. The smallest absolute Gasteiger partial charge is 0.183 e. The van der Waals surface area contributed by atoms with Crippen molar-refractivity contribution in [3.8, 4) is 11.8 Å². The Hall–Kier alpha value is -1.63. The number of ether oxygens (including phenoxy) is 1. The number of hydrogen-bond donors (Lipinski definition) is 0. The van der Waals surface area contributed by atoms with E-state index in [1.807, 2.05) is 19.9 Å². The average Bonchev–Trinajstić information content (AvgIpc) is 2.16. The van der Waals surface area contributed by atoms with Crippen molar-refractivity contribution in [2.24, 2.45) is 5.92 Å². The highest BCUT2D eigenvalue weighted by atomic mass is 19.1. The van der Waals surface area contributed by atoms with E-state index in [-0.39, 0.29) is 11.4 Å². The van der Waals surface area contributed by atoms with Gasteiger partial charge in [-0.3, -0.25) is 0 Å². The maximum atomic E-state index is 13.1. The van der Waals surface area contributed by atoms with Gasteiger partial charge in [0, 0.05) is 6.07 Å². The summed E-state index contributed by atoms with van der Waals surface area (Å²) in [4.78, 5) is 3.57. The molecule has 0 atom stereocenters. The number of pyridine rings is 1. The third-order valence-electron chi connectivity index (χ3n) is 1.51. The molecule has 3 nitrogen and oxygen atoms in total. The SMILES string of the molecule is CC(C)COc1cc(C#N)ncc1F. The zero-order valence-corrected chi connectivity index (χ0v) is 8.12. The molecule has 0 spiro atoms. The van der Waals surface area contributed by atoms with Crippen molar-refractivity contribution in [3.63, 3.8) is 0 Å². The lowest BCUT2D eigenvalue weighted by Gasteiger charge is -2.08. The fraction of sp³-hybridized carbons (Fsp3) is 0.400. The van der Waals surface area contributed by atoms with E-state index < -0.39 is 5.82 Å². The van der Waals surface area contributed by atoms with Gasteiger partial charge in [0.05, 0.1) is 12.8 Å². The van der Waals surface area contributed by atoms with Crippen LogP contribution in [-0.4, -0.2) is 11.6 Å². The molecule has 14 heavy (non-hydrogen) atoms. The van der Waals surface area contributed by atoms with Gasteiger partial charge in [-0.2, -0.15) is 5.26 Å². The lowest BCUT2D eigenvalue weighted by Crippen LogP contribution is -2.06. The average molecular weight is 194 g/mol. The fourth-order valence-electron chi connectivity index (χ4n) is 0.848. The molecular formula is C10H11FN2O. The minimum Gasteiger partial charge on any atom is -0.490 e. The van der Waals surface area contributed by atoms with Gasteiger partial charge in [-0.15, -0.1) is 0 Å². The zero-order valence-electron chi connectivity index (χ0n) is 8.12. The van der Waals surface area contributed by atoms with E-state index in [1.165, 1.54) is 6.07 Å². The highest BCUT2D eigenvalue weighted by Crippen LogP contribution is 2.17. The maximum absolute atomic E-state index is 13.1. The van der Waals surface area contributed by atoms with E-state index in [0.29, 0.717) is 12.5 Å². The van der Waals surface area contributed by atoms with Crippen molar-refractivity contribution in [3.05, 3.63) is 23.8 Å². The summed E-state index contributed by atoms with van der Waals surface area (Å²) in [5.74, 6) is -0.136. The van der Waals surface area contributed by atoms with Crippen LogP contribution in [0.2, 0.25) is 0 Å². The first-order valence-corrected chi connectivity index (χ1v) is 4.32. The molecule has 1 aromatic rings. The second kappa shape index (κ2) is 4.56. The Labute approximate surface area is 82.1 Å². The number of nitrogens with zero attached hydrogens (tertiary/aromatic N) is 2. The molecule has 1 rings (SSSR count). The predicted molar refractivity (Wildman–Crippen MR) is 49.2 cm³/mol. The Bertz CT molecular complexity index is 358. The summed E-state index contributed by atoms with van der Waals surface area (Å²) < 4.78 is 18.2. The second-order valence-corrected chi connectivity index (χ2v) is 3.32. The van der Waals surface area contributed by atoms with Crippen molar-refractivity contribution in [2.45, 2.75) is 13.8 Å². The molecule has 74 valence electrons. The Morgan fingerprint density at radius 1 is 1.64 bits per heavy atom. The summed E-state index contributed by atoms with van der Waals surface area (Å²) in [6.45, 7) is 4.35. The molecule has 0 aliphatic rings. The van der Waals surface area contributed by atoms with Gasteiger partial charge in [0.2, 0.25) is 0 Å². The normalized spacial score (nSPS) is 9.93. The van der Waals surface area contributed by atoms with Crippen LogP contribution < -0.4 is 4.74 Å². The Balaban J connectivity index is 2.80. The summed E-state index contributed by atoms with van der Waals surface area (Å²) in [5.41, 5.74) is 0.158. The van der Waals surface area contributed by atoms with Crippen molar-refractivity contribution >= 4 is 0 Å². The van der Waals surface area contributed by atoms with Crippen molar-refractivity contribution < 1.29 is 9.13 Å². The van der Waals surface area contributed by atoms with Gasteiger partial charge in [-0.1, -0.05) is 13.8 Å². The highest BCUT2D eigenvalue weighted by molar-refractivity contribution is 5.31. The molecule has 1 heterocycles. The number of hydrogen-bond acceptors (Lipinski definition) is 3. The minimum absolute atomic E-state index is 0.0882. The molecule has 0 aliphatic heterocycles. The topological polar surface area (TPSA) is 45.9 Å². The molecule has 0 saturated heterocycles. The van der Waals surface area contributed by atoms with Crippen LogP contribution in [-0.2, 0) is 0 Å². The van der Waals surface area contributed by atoms with Crippen LogP contribution in [0.1, 0.15) is 19.5 Å². The summed E-state index contributed by atoms with van der Waals surface area (Å²) in [7, 11) is 0. The fourth-order valence-corrected chi connectivity index (χ4v) is 0.848. The van der Waals surface area contributed by atoms with Crippen LogP contribution in [0.3, 0.4) is 0 Å². The first-order chi connectivity index (χ1) is 6.63.